The fourth-order valence-corrected chi connectivity index (χ4v) is 4.34. The van der Waals surface area contributed by atoms with Crippen LogP contribution in [0.5, 0.6) is 0 Å². The van der Waals surface area contributed by atoms with E-state index in [2.05, 4.69) is 23.7 Å². The summed E-state index contributed by atoms with van der Waals surface area (Å²) in [4.78, 5) is 32.0. The quantitative estimate of drug-likeness (QED) is 0.697. The van der Waals surface area contributed by atoms with Crippen LogP contribution in [0, 0.1) is 13.8 Å². The van der Waals surface area contributed by atoms with Gasteiger partial charge in [-0.05, 0) is 31.5 Å². The number of nitrogens with zero attached hydrogens (tertiary/aromatic N) is 5. The van der Waals surface area contributed by atoms with Crippen LogP contribution in [-0.4, -0.2) is 51.9 Å². The summed E-state index contributed by atoms with van der Waals surface area (Å²) < 4.78 is 0. The standard InChI is InChI=1S/C19H21N5OS/c1-12-13(2)26-19-16(12)18(24-9-7-23(8-10-24)14(3)25)21-17(22-19)15-5-4-6-20-11-15/h4-6,11H,7-10H2,1-3H3. The first-order valence-corrected chi connectivity index (χ1v) is 9.55. The van der Waals surface area contributed by atoms with Crippen molar-refractivity contribution in [3.05, 3.63) is 35.0 Å². The van der Waals surface area contributed by atoms with Crippen LogP contribution in [0.3, 0.4) is 0 Å². The molecule has 0 unspecified atom stereocenters. The number of rotatable bonds is 2. The highest BCUT2D eigenvalue weighted by Crippen LogP contribution is 2.36. The van der Waals surface area contributed by atoms with Crippen molar-refractivity contribution in [2.75, 3.05) is 31.1 Å². The molecule has 7 heteroatoms. The smallest absolute Gasteiger partial charge is 0.219 e. The number of thiophene rings is 1. The lowest BCUT2D eigenvalue weighted by Gasteiger charge is -2.35. The van der Waals surface area contributed by atoms with Crippen LogP contribution >= 0.6 is 11.3 Å². The second-order valence-electron chi connectivity index (χ2n) is 6.57. The summed E-state index contributed by atoms with van der Waals surface area (Å²) in [6.07, 6.45) is 3.55. The van der Waals surface area contributed by atoms with Crippen molar-refractivity contribution in [2.24, 2.45) is 0 Å². The summed E-state index contributed by atoms with van der Waals surface area (Å²) in [7, 11) is 0. The number of hydrogen-bond donors (Lipinski definition) is 0. The molecule has 0 saturated carbocycles. The molecule has 0 aromatic carbocycles. The monoisotopic (exact) mass is 367 g/mol. The Labute approximate surface area is 156 Å². The second kappa shape index (κ2) is 6.64. The Morgan fingerprint density at radius 1 is 1.15 bits per heavy atom. The number of fused-ring (bicyclic) bond motifs is 1. The summed E-state index contributed by atoms with van der Waals surface area (Å²) >= 11 is 1.71. The topological polar surface area (TPSA) is 62.2 Å². The van der Waals surface area contributed by atoms with Crippen molar-refractivity contribution in [1.29, 1.82) is 0 Å². The molecule has 0 aliphatic carbocycles. The van der Waals surface area contributed by atoms with Crippen molar-refractivity contribution >= 4 is 33.3 Å². The van der Waals surface area contributed by atoms with Crippen LogP contribution in [0.4, 0.5) is 5.82 Å². The molecule has 134 valence electrons. The minimum Gasteiger partial charge on any atom is -0.352 e. The van der Waals surface area contributed by atoms with E-state index in [0.29, 0.717) is 5.82 Å². The average Bonchev–Trinajstić information content (AvgIpc) is 2.96. The van der Waals surface area contributed by atoms with Crippen molar-refractivity contribution in [2.45, 2.75) is 20.8 Å². The Morgan fingerprint density at radius 3 is 2.58 bits per heavy atom. The predicted molar refractivity (Wildman–Crippen MR) is 105 cm³/mol. The van der Waals surface area contributed by atoms with Crippen LogP contribution in [0.2, 0.25) is 0 Å². The average molecular weight is 367 g/mol. The van der Waals surface area contributed by atoms with Crippen molar-refractivity contribution in [1.82, 2.24) is 19.9 Å². The van der Waals surface area contributed by atoms with Crippen molar-refractivity contribution in [3.8, 4) is 11.4 Å². The van der Waals surface area contributed by atoms with Gasteiger partial charge in [-0.1, -0.05) is 0 Å². The van der Waals surface area contributed by atoms with Gasteiger partial charge in [0.2, 0.25) is 5.91 Å². The number of pyridine rings is 1. The molecule has 4 heterocycles. The largest absolute Gasteiger partial charge is 0.352 e. The van der Waals surface area contributed by atoms with Gasteiger partial charge in [-0.3, -0.25) is 9.78 Å². The van der Waals surface area contributed by atoms with Crippen molar-refractivity contribution in [3.63, 3.8) is 0 Å². The maximum atomic E-state index is 11.6. The maximum Gasteiger partial charge on any atom is 0.219 e. The van der Waals surface area contributed by atoms with Gasteiger partial charge in [-0.15, -0.1) is 11.3 Å². The minimum atomic E-state index is 0.135. The molecule has 0 spiro atoms. The highest BCUT2D eigenvalue weighted by Gasteiger charge is 2.24. The number of amides is 1. The Morgan fingerprint density at radius 2 is 1.92 bits per heavy atom. The third kappa shape index (κ3) is 2.92. The number of aromatic nitrogens is 3. The van der Waals surface area contributed by atoms with E-state index in [4.69, 9.17) is 9.97 Å². The molecule has 1 aliphatic heterocycles. The lowest BCUT2D eigenvalue weighted by Crippen LogP contribution is -2.48. The molecule has 0 atom stereocenters. The molecule has 0 N–H and O–H groups in total. The number of hydrogen-bond acceptors (Lipinski definition) is 6. The summed E-state index contributed by atoms with van der Waals surface area (Å²) in [6.45, 7) is 8.92. The number of aryl methyl sites for hydroxylation is 2. The van der Waals surface area contributed by atoms with Crippen molar-refractivity contribution < 1.29 is 4.79 Å². The van der Waals surface area contributed by atoms with Gasteiger partial charge >= 0.3 is 0 Å². The number of carbonyl (C=O) groups excluding carboxylic acids is 1. The molecule has 1 saturated heterocycles. The fraction of sp³-hybridized carbons (Fsp3) is 0.368. The van der Waals surface area contributed by atoms with Crippen LogP contribution in [-0.2, 0) is 4.79 Å². The van der Waals surface area contributed by atoms with E-state index < -0.39 is 0 Å². The van der Waals surface area contributed by atoms with Gasteiger partial charge in [0.15, 0.2) is 5.82 Å². The Balaban J connectivity index is 1.81. The molecule has 26 heavy (non-hydrogen) atoms. The minimum absolute atomic E-state index is 0.135. The molecular weight excluding hydrogens is 346 g/mol. The molecule has 1 fully saturated rings. The van der Waals surface area contributed by atoms with E-state index in [1.807, 2.05) is 17.0 Å². The Bertz CT molecular complexity index is 961. The van der Waals surface area contributed by atoms with Gasteiger partial charge in [-0.25, -0.2) is 9.97 Å². The third-order valence-electron chi connectivity index (χ3n) is 4.95. The Kier molecular flexibility index (Phi) is 4.32. The predicted octanol–water partition coefficient (Wildman–Crippen LogP) is 3.04. The number of carbonyl (C=O) groups is 1. The highest BCUT2D eigenvalue weighted by molar-refractivity contribution is 7.18. The SMILES string of the molecule is CC(=O)N1CCN(c2nc(-c3cccnc3)nc3sc(C)c(C)c23)CC1. The van der Waals surface area contributed by atoms with E-state index in [-0.39, 0.29) is 5.91 Å². The second-order valence-corrected chi connectivity index (χ2v) is 7.77. The van der Waals surface area contributed by atoms with E-state index in [0.717, 1.165) is 47.8 Å². The van der Waals surface area contributed by atoms with Gasteiger partial charge in [-0.2, -0.15) is 0 Å². The highest BCUT2D eigenvalue weighted by atomic mass is 32.1. The van der Waals surface area contributed by atoms with E-state index >= 15 is 0 Å². The van der Waals surface area contributed by atoms with Gasteiger partial charge < -0.3 is 9.80 Å². The van der Waals surface area contributed by atoms with Gasteiger partial charge in [0.1, 0.15) is 10.6 Å². The van der Waals surface area contributed by atoms with Crippen LogP contribution in [0.15, 0.2) is 24.5 Å². The number of anilines is 1. The zero-order valence-corrected chi connectivity index (χ0v) is 16.0. The zero-order valence-electron chi connectivity index (χ0n) is 15.2. The molecule has 3 aromatic rings. The molecular formula is C19H21N5OS. The summed E-state index contributed by atoms with van der Waals surface area (Å²) in [6, 6.07) is 3.89. The first-order valence-electron chi connectivity index (χ1n) is 8.73. The third-order valence-corrected chi connectivity index (χ3v) is 6.05. The van der Waals surface area contributed by atoms with Crippen LogP contribution in [0.1, 0.15) is 17.4 Å². The van der Waals surface area contributed by atoms with Gasteiger partial charge in [0, 0.05) is 55.9 Å². The summed E-state index contributed by atoms with van der Waals surface area (Å²) in [5.74, 6) is 1.81. The molecule has 4 rings (SSSR count). The molecule has 0 radical (unpaired) electrons. The molecule has 1 aliphatic rings. The molecule has 0 bridgehead atoms. The van der Waals surface area contributed by atoms with Gasteiger partial charge in [0.25, 0.3) is 0 Å². The Hall–Kier alpha value is -2.54. The number of piperazine rings is 1. The molecule has 1 amide bonds. The lowest BCUT2D eigenvalue weighted by atomic mass is 10.1. The fourth-order valence-electron chi connectivity index (χ4n) is 3.31. The molecule has 3 aromatic heterocycles. The van der Waals surface area contributed by atoms with E-state index in [1.54, 1.807) is 30.7 Å². The first kappa shape index (κ1) is 16.9. The zero-order chi connectivity index (χ0) is 18.3. The first-order chi connectivity index (χ1) is 12.5. The normalized spacial score (nSPS) is 14.9. The maximum absolute atomic E-state index is 11.6. The summed E-state index contributed by atoms with van der Waals surface area (Å²) in [5, 5.41) is 1.14. The lowest BCUT2D eigenvalue weighted by molar-refractivity contribution is -0.129. The van der Waals surface area contributed by atoms with Crippen LogP contribution < -0.4 is 4.90 Å². The summed E-state index contributed by atoms with van der Waals surface area (Å²) in [5.41, 5.74) is 2.16. The van der Waals surface area contributed by atoms with Gasteiger partial charge in [0.05, 0.1) is 5.39 Å². The van der Waals surface area contributed by atoms with E-state index in [1.165, 1.54) is 10.4 Å². The van der Waals surface area contributed by atoms with Crippen LogP contribution in [0.25, 0.3) is 21.6 Å². The molecule has 6 nitrogen and oxygen atoms in total. The van der Waals surface area contributed by atoms with E-state index in [9.17, 15) is 4.79 Å².